The lowest BCUT2D eigenvalue weighted by molar-refractivity contribution is 0.00569. The number of β-amino-alcohol motifs (C(OH)–C–C–N with tert-alkyl or cyclic N) is 1. The number of nitrogens with zero attached hydrogens (tertiary/aromatic N) is 1. The van der Waals surface area contributed by atoms with Crippen LogP contribution in [0.2, 0.25) is 0 Å². The van der Waals surface area contributed by atoms with Crippen LogP contribution in [0.15, 0.2) is 12.1 Å². The van der Waals surface area contributed by atoms with Crippen molar-refractivity contribution in [1.29, 1.82) is 0 Å². The van der Waals surface area contributed by atoms with Gasteiger partial charge in [0.25, 0.3) is 5.91 Å². The SMILES string of the molecule is Cc1cc(C)c(O)c(C(=O)N2CC(O)C2)c1. The molecule has 1 saturated heterocycles. The van der Waals surface area contributed by atoms with E-state index in [0.29, 0.717) is 24.2 Å². The molecule has 16 heavy (non-hydrogen) atoms. The number of rotatable bonds is 1. The molecule has 1 aromatic carbocycles. The Balaban J connectivity index is 2.29. The van der Waals surface area contributed by atoms with Gasteiger partial charge in [-0.25, -0.2) is 0 Å². The molecule has 1 aliphatic heterocycles. The maximum absolute atomic E-state index is 12.0. The second-order valence-electron chi connectivity index (χ2n) is 4.34. The van der Waals surface area contributed by atoms with Gasteiger partial charge in [0.1, 0.15) is 5.75 Å². The van der Waals surface area contributed by atoms with Crippen molar-refractivity contribution in [3.8, 4) is 5.75 Å². The number of phenolic OH excluding ortho intramolecular Hbond substituents is 1. The van der Waals surface area contributed by atoms with E-state index in [0.717, 1.165) is 5.56 Å². The minimum Gasteiger partial charge on any atom is -0.507 e. The Labute approximate surface area is 94.1 Å². The highest BCUT2D eigenvalue weighted by Gasteiger charge is 2.31. The minimum atomic E-state index is -0.419. The average Bonchev–Trinajstić information content (AvgIpc) is 2.18. The number of aromatic hydroxyl groups is 1. The number of benzene rings is 1. The molecule has 0 atom stereocenters. The zero-order valence-electron chi connectivity index (χ0n) is 9.40. The van der Waals surface area contributed by atoms with Crippen LogP contribution in [0.1, 0.15) is 21.5 Å². The molecule has 86 valence electrons. The molecule has 0 bridgehead atoms. The Morgan fingerprint density at radius 1 is 1.38 bits per heavy atom. The summed E-state index contributed by atoms with van der Waals surface area (Å²) in [6.07, 6.45) is -0.419. The van der Waals surface area contributed by atoms with Gasteiger partial charge in [0, 0.05) is 13.1 Å². The molecule has 2 rings (SSSR count). The van der Waals surface area contributed by atoms with Crippen LogP contribution in [-0.4, -0.2) is 40.2 Å². The molecule has 1 aliphatic rings. The summed E-state index contributed by atoms with van der Waals surface area (Å²) in [5.41, 5.74) is 1.97. The van der Waals surface area contributed by atoms with Crippen molar-refractivity contribution in [1.82, 2.24) is 4.90 Å². The summed E-state index contributed by atoms with van der Waals surface area (Å²) in [5, 5.41) is 19.0. The molecular weight excluding hydrogens is 206 g/mol. The van der Waals surface area contributed by atoms with Crippen molar-refractivity contribution < 1.29 is 15.0 Å². The number of carbonyl (C=O) groups is 1. The fourth-order valence-corrected chi connectivity index (χ4v) is 1.91. The van der Waals surface area contributed by atoms with Crippen LogP contribution >= 0.6 is 0 Å². The third-order valence-electron chi connectivity index (χ3n) is 2.82. The highest BCUT2D eigenvalue weighted by molar-refractivity contribution is 5.98. The van der Waals surface area contributed by atoms with Gasteiger partial charge in [-0.05, 0) is 31.0 Å². The summed E-state index contributed by atoms with van der Waals surface area (Å²) in [6, 6.07) is 3.51. The molecule has 1 heterocycles. The maximum atomic E-state index is 12.0. The van der Waals surface area contributed by atoms with Crippen molar-refractivity contribution in [3.63, 3.8) is 0 Å². The van der Waals surface area contributed by atoms with Crippen LogP contribution < -0.4 is 0 Å². The third-order valence-corrected chi connectivity index (χ3v) is 2.82. The van der Waals surface area contributed by atoms with E-state index in [9.17, 15) is 9.90 Å². The fourth-order valence-electron chi connectivity index (χ4n) is 1.91. The first-order valence-electron chi connectivity index (χ1n) is 5.26. The van der Waals surface area contributed by atoms with Gasteiger partial charge in [-0.3, -0.25) is 4.79 Å². The Bertz CT molecular complexity index is 436. The van der Waals surface area contributed by atoms with E-state index in [2.05, 4.69) is 0 Å². The van der Waals surface area contributed by atoms with Crippen LogP contribution in [0.4, 0.5) is 0 Å². The van der Waals surface area contributed by atoms with Crippen LogP contribution in [0, 0.1) is 13.8 Å². The molecule has 4 nitrogen and oxygen atoms in total. The molecule has 0 spiro atoms. The van der Waals surface area contributed by atoms with Gasteiger partial charge in [0.05, 0.1) is 11.7 Å². The Hall–Kier alpha value is -1.55. The molecule has 4 heteroatoms. The van der Waals surface area contributed by atoms with E-state index in [1.54, 1.807) is 13.0 Å². The monoisotopic (exact) mass is 221 g/mol. The Kier molecular flexibility index (Phi) is 2.59. The number of hydrogen-bond acceptors (Lipinski definition) is 3. The average molecular weight is 221 g/mol. The first-order valence-corrected chi connectivity index (χ1v) is 5.26. The number of hydrogen-bond donors (Lipinski definition) is 2. The van der Waals surface area contributed by atoms with Gasteiger partial charge < -0.3 is 15.1 Å². The number of amides is 1. The van der Waals surface area contributed by atoms with Gasteiger partial charge in [-0.2, -0.15) is 0 Å². The largest absolute Gasteiger partial charge is 0.507 e. The van der Waals surface area contributed by atoms with Crippen molar-refractivity contribution in [2.75, 3.05) is 13.1 Å². The normalized spacial score (nSPS) is 16.1. The first-order chi connectivity index (χ1) is 7.49. The Morgan fingerprint density at radius 2 is 2.00 bits per heavy atom. The lowest BCUT2D eigenvalue weighted by atomic mass is 10.0. The smallest absolute Gasteiger partial charge is 0.257 e. The molecule has 0 saturated carbocycles. The highest BCUT2D eigenvalue weighted by atomic mass is 16.3. The van der Waals surface area contributed by atoms with Crippen LogP contribution in [0.5, 0.6) is 5.75 Å². The van der Waals surface area contributed by atoms with Gasteiger partial charge in [0.15, 0.2) is 0 Å². The van der Waals surface area contributed by atoms with Crippen LogP contribution in [0.25, 0.3) is 0 Å². The number of carbonyl (C=O) groups excluding carboxylic acids is 1. The molecule has 0 radical (unpaired) electrons. The van der Waals surface area contributed by atoms with Gasteiger partial charge in [-0.1, -0.05) is 6.07 Å². The quantitative estimate of drug-likeness (QED) is 0.738. The summed E-state index contributed by atoms with van der Waals surface area (Å²) in [6.45, 7) is 4.36. The summed E-state index contributed by atoms with van der Waals surface area (Å²) in [7, 11) is 0. The van der Waals surface area contributed by atoms with Gasteiger partial charge in [0.2, 0.25) is 0 Å². The van der Waals surface area contributed by atoms with Gasteiger partial charge >= 0.3 is 0 Å². The van der Waals surface area contributed by atoms with Crippen LogP contribution in [0.3, 0.4) is 0 Å². The van der Waals surface area contributed by atoms with E-state index >= 15 is 0 Å². The molecule has 0 aromatic heterocycles. The maximum Gasteiger partial charge on any atom is 0.257 e. The third kappa shape index (κ3) is 1.76. The first kappa shape index (κ1) is 11.0. The number of likely N-dealkylation sites (tertiary alicyclic amines) is 1. The predicted molar refractivity (Wildman–Crippen MR) is 59.5 cm³/mol. The number of aryl methyl sites for hydroxylation is 2. The Morgan fingerprint density at radius 3 is 2.56 bits per heavy atom. The zero-order chi connectivity index (χ0) is 11.9. The van der Waals surface area contributed by atoms with E-state index in [-0.39, 0.29) is 11.7 Å². The highest BCUT2D eigenvalue weighted by Crippen LogP contribution is 2.26. The number of phenols is 1. The molecule has 1 amide bonds. The summed E-state index contributed by atoms with van der Waals surface area (Å²) >= 11 is 0. The van der Waals surface area contributed by atoms with E-state index < -0.39 is 6.10 Å². The zero-order valence-corrected chi connectivity index (χ0v) is 9.40. The van der Waals surface area contributed by atoms with E-state index in [1.807, 2.05) is 13.0 Å². The van der Waals surface area contributed by atoms with E-state index in [1.165, 1.54) is 4.90 Å². The van der Waals surface area contributed by atoms with Crippen molar-refractivity contribution in [2.45, 2.75) is 20.0 Å². The van der Waals surface area contributed by atoms with Crippen molar-refractivity contribution in [2.24, 2.45) is 0 Å². The van der Waals surface area contributed by atoms with Crippen molar-refractivity contribution in [3.05, 3.63) is 28.8 Å². The molecule has 0 aliphatic carbocycles. The second-order valence-corrected chi connectivity index (χ2v) is 4.34. The lowest BCUT2D eigenvalue weighted by Gasteiger charge is -2.36. The predicted octanol–water partition coefficient (Wildman–Crippen LogP) is 0.826. The molecule has 2 N–H and O–H groups in total. The summed E-state index contributed by atoms with van der Waals surface area (Å²) < 4.78 is 0. The lowest BCUT2D eigenvalue weighted by Crippen LogP contribution is -2.53. The molecule has 1 fully saturated rings. The topological polar surface area (TPSA) is 60.8 Å². The molecular formula is C12H15NO3. The molecule has 1 aromatic rings. The molecule has 0 unspecified atom stereocenters. The summed E-state index contributed by atoms with van der Waals surface area (Å²) in [4.78, 5) is 13.5. The van der Waals surface area contributed by atoms with Crippen LogP contribution in [-0.2, 0) is 0 Å². The van der Waals surface area contributed by atoms with E-state index in [4.69, 9.17) is 5.11 Å². The fraction of sp³-hybridized carbons (Fsp3) is 0.417. The second kappa shape index (κ2) is 3.79. The number of aliphatic hydroxyl groups is 1. The summed E-state index contributed by atoms with van der Waals surface area (Å²) in [5.74, 6) is -0.174. The number of aliphatic hydroxyl groups excluding tert-OH is 1. The van der Waals surface area contributed by atoms with Crippen molar-refractivity contribution >= 4 is 5.91 Å². The van der Waals surface area contributed by atoms with Gasteiger partial charge in [-0.15, -0.1) is 0 Å². The minimum absolute atomic E-state index is 0.0389. The standard InChI is InChI=1S/C12H15NO3/c1-7-3-8(2)11(15)10(4-7)12(16)13-5-9(14)6-13/h3-4,9,14-15H,5-6H2,1-2H3.